The van der Waals surface area contributed by atoms with Gasteiger partial charge in [0.05, 0.1) is 18.6 Å². The van der Waals surface area contributed by atoms with Crippen LogP contribution in [0.4, 0.5) is 0 Å². The fourth-order valence-electron chi connectivity index (χ4n) is 2.07. The van der Waals surface area contributed by atoms with E-state index in [-0.39, 0.29) is 5.75 Å². The van der Waals surface area contributed by atoms with Gasteiger partial charge in [0.1, 0.15) is 5.76 Å². The lowest BCUT2D eigenvalue weighted by atomic mass is 10.2. The molecule has 0 fully saturated rings. The fraction of sp³-hybridized carbons (Fsp3) is 0.133. The Labute approximate surface area is 141 Å². The SMILES string of the molecule is NC(=O)CSc1nnc(-c2cccc(Cl)c2)n1Cc1ccco1. The highest BCUT2D eigenvalue weighted by Crippen LogP contribution is 2.26. The van der Waals surface area contributed by atoms with Crippen LogP contribution in [0.3, 0.4) is 0 Å². The van der Waals surface area contributed by atoms with Crippen LogP contribution >= 0.6 is 23.4 Å². The minimum atomic E-state index is -0.410. The minimum absolute atomic E-state index is 0.131. The van der Waals surface area contributed by atoms with Crippen molar-refractivity contribution in [3.05, 3.63) is 53.4 Å². The molecule has 6 nitrogen and oxygen atoms in total. The smallest absolute Gasteiger partial charge is 0.227 e. The number of nitrogens with zero attached hydrogens (tertiary/aromatic N) is 3. The van der Waals surface area contributed by atoms with Crippen molar-refractivity contribution in [1.29, 1.82) is 0 Å². The lowest BCUT2D eigenvalue weighted by molar-refractivity contribution is -0.115. The van der Waals surface area contributed by atoms with Gasteiger partial charge in [-0.1, -0.05) is 35.5 Å². The van der Waals surface area contributed by atoms with Gasteiger partial charge in [-0.15, -0.1) is 10.2 Å². The number of carbonyl (C=O) groups excluding carboxylic acids is 1. The largest absolute Gasteiger partial charge is 0.467 e. The molecular formula is C15H13ClN4O2S. The van der Waals surface area contributed by atoms with Crippen LogP contribution in [0.1, 0.15) is 5.76 Å². The van der Waals surface area contributed by atoms with Gasteiger partial charge in [-0.3, -0.25) is 9.36 Å². The van der Waals surface area contributed by atoms with Crippen LogP contribution in [-0.2, 0) is 11.3 Å². The summed E-state index contributed by atoms with van der Waals surface area (Å²) in [7, 11) is 0. The minimum Gasteiger partial charge on any atom is -0.467 e. The van der Waals surface area contributed by atoms with Gasteiger partial charge in [-0.25, -0.2) is 0 Å². The number of furan rings is 1. The number of aromatic nitrogens is 3. The molecule has 1 aromatic carbocycles. The maximum atomic E-state index is 11.0. The molecule has 0 bridgehead atoms. The Morgan fingerprint density at radius 2 is 2.17 bits per heavy atom. The number of amides is 1. The first-order valence-corrected chi connectivity index (χ1v) is 8.12. The van der Waals surface area contributed by atoms with E-state index in [2.05, 4.69) is 10.2 Å². The number of benzene rings is 1. The maximum absolute atomic E-state index is 11.0. The van der Waals surface area contributed by atoms with Gasteiger partial charge >= 0.3 is 0 Å². The van der Waals surface area contributed by atoms with E-state index in [1.54, 1.807) is 12.3 Å². The zero-order valence-corrected chi connectivity index (χ0v) is 13.5. The summed E-state index contributed by atoms with van der Waals surface area (Å²) in [5.41, 5.74) is 6.05. The molecule has 0 aliphatic rings. The Morgan fingerprint density at radius 3 is 2.87 bits per heavy atom. The van der Waals surface area contributed by atoms with Gasteiger partial charge in [0.25, 0.3) is 0 Å². The number of nitrogens with two attached hydrogens (primary N) is 1. The average Bonchev–Trinajstić information content (AvgIpc) is 3.15. The highest BCUT2D eigenvalue weighted by atomic mass is 35.5. The number of halogens is 1. The molecule has 1 amide bonds. The molecule has 0 saturated heterocycles. The Hall–Kier alpha value is -2.25. The quantitative estimate of drug-likeness (QED) is 0.692. The molecule has 0 aliphatic carbocycles. The number of hydrogen-bond acceptors (Lipinski definition) is 5. The van der Waals surface area contributed by atoms with Crippen molar-refractivity contribution in [2.75, 3.05) is 5.75 Å². The molecule has 23 heavy (non-hydrogen) atoms. The molecule has 2 N–H and O–H groups in total. The zero-order valence-electron chi connectivity index (χ0n) is 12.0. The van der Waals surface area contributed by atoms with Gasteiger partial charge in [-0.2, -0.15) is 0 Å². The van der Waals surface area contributed by atoms with Crippen LogP contribution in [0.2, 0.25) is 5.02 Å². The third-order valence-corrected chi connectivity index (χ3v) is 4.26. The van der Waals surface area contributed by atoms with Gasteiger partial charge in [-0.05, 0) is 24.3 Å². The zero-order chi connectivity index (χ0) is 16.2. The first kappa shape index (κ1) is 15.6. The first-order valence-electron chi connectivity index (χ1n) is 6.76. The Kier molecular flexibility index (Phi) is 4.68. The standard InChI is InChI=1S/C15H13ClN4O2S/c16-11-4-1-3-10(7-11)14-18-19-15(23-9-13(17)21)20(14)8-12-5-2-6-22-12/h1-7H,8-9H2,(H2,17,21). The predicted molar refractivity (Wildman–Crippen MR) is 88.2 cm³/mol. The molecule has 0 saturated carbocycles. The van der Waals surface area contributed by atoms with Gasteiger partial charge < -0.3 is 10.2 Å². The summed E-state index contributed by atoms with van der Waals surface area (Å²) in [5, 5.41) is 9.59. The van der Waals surface area contributed by atoms with Crippen molar-refractivity contribution >= 4 is 29.3 Å². The van der Waals surface area contributed by atoms with Crippen LogP contribution < -0.4 is 5.73 Å². The monoisotopic (exact) mass is 348 g/mol. The summed E-state index contributed by atoms with van der Waals surface area (Å²) in [5.74, 6) is 1.13. The van der Waals surface area contributed by atoms with Crippen LogP contribution in [0.25, 0.3) is 11.4 Å². The van der Waals surface area contributed by atoms with E-state index in [9.17, 15) is 4.79 Å². The molecule has 0 aliphatic heterocycles. The van der Waals surface area contributed by atoms with E-state index in [0.717, 1.165) is 11.3 Å². The Balaban J connectivity index is 1.99. The van der Waals surface area contributed by atoms with Gasteiger partial charge in [0.15, 0.2) is 11.0 Å². The summed E-state index contributed by atoms with van der Waals surface area (Å²) in [6.07, 6.45) is 1.61. The van der Waals surface area contributed by atoms with E-state index >= 15 is 0 Å². The summed E-state index contributed by atoms with van der Waals surface area (Å²) in [4.78, 5) is 11.0. The molecule has 3 aromatic rings. The summed E-state index contributed by atoms with van der Waals surface area (Å²) in [6, 6.07) is 11.0. The molecule has 0 radical (unpaired) electrons. The molecule has 2 heterocycles. The highest BCUT2D eigenvalue weighted by molar-refractivity contribution is 7.99. The van der Waals surface area contributed by atoms with Crippen molar-refractivity contribution in [3.63, 3.8) is 0 Å². The van der Waals surface area contributed by atoms with Crippen molar-refractivity contribution in [2.24, 2.45) is 5.73 Å². The summed E-state index contributed by atoms with van der Waals surface area (Å²) >= 11 is 7.29. The second kappa shape index (κ2) is 6.89. The third-order valence-electron chi connectivity index (χ3n) is 3.04. The number of primary amides is 1. The number of hydrogen-bond donors (Lipinski definition) is 1. The number of thioether (sulfide) groups is 1. The highest BCUT2D eigenvalue weighted by Gasteiger charge is 2.16. The topological polar surface area (TPSA) is 86.9 Å². The van der Waals surface area contributed by atoms with Crippen LogP contribution in [0, 0.1) is 0 Å². The van der Waals surface area contributed by atoms with Crippen LogP contribution in [-0.4, -0.2) is 26.4 Å². The fourth-order valence-corrected chi connectivity index (χ4v) is 2.94. The molecule has 2 aromatic heterocycles. The van der Waals surface area contributed by atoms with Crippen molar-refractivity contribution < 1.29 is 9.21 Å². The van der Waals surface area contributed by atoms with Crippen molar-refractivity contribution in [3.8, 4) is 11.4 Å². The Bertz CT molecular complexity index is 817. The first-order chi connectivity index (χ1) is 11.1. The van der Waals surface area contributed by atoms with E-state index in [1.165, 1.54) is 11.8 Å². The van der Waals surface area contributed by atoms with E-state index in [0.29, 0.717) is 22.5 Å². The predicted octanol–water partition coefficient (Wildman–Crippen LogP) is 2.82. The number of rotatable bonds is 6. The Morgan fingerprint density at radius 1 is 1.30 bits per heavy atom. The second-order valence-electron chi connectivity index (χ2n) is 4.74. The van der Waals surface area contributed by atoms with Gasteiger partial charge in [0, 0.05) is 10.6 Å². The lowest BCUT2D eigenvalue weighted by Gasteiger charge is -2.08. The average molecular weight is 349 g/mol. The molecule has 118 valence electrons. The maximum Gasteiger partial charge on any atom is 0.227 e. The van der Waals surface area contributed by atoms with Crippen LogP contribution in [0.5, 0.6) is 0 Å². The molecule has 0 unspecified atom stereocenters. The molecule has 3 rings (SSSR count). The van der Waals surface area contributed by atoms with Crippen LogP contribution in [0.15, 0.2) is 52.2 Å². The van der Waals surface area contributed by atoms with E-state index in [4.69, 9.17) is 21.8 Å². The van der Waals surface area contributed by atoms with Gasteiger partial charge in [0.2, 0.25) is 5.91 Å². The number of carbonyl (C=O) groups is 1. The van der Waals surface area contributed by atoms with Crippen molar-refractivity contribution in [2.45, 2.75) is 11.7 Å². The summed E-state index contributed by atoms with van der Waals surface area (Å²) < 4.78 is 7.27. The molecule has 0 atom stereocenters. The normalized spacial score (nSPS) is 10.8. The molecule has 8 heteroatoms. The molecular weight excluding hydrogens is 336 g/mol. The second-order valence-corrected chi connectivity index (χ2v) is 6.12. The van der Waals surface area contributed by atoms with E-state index in [1.807, 2.05) is 34.9 Å². The van der Waals surface area contributed by atoms with E-state index < -0.39 is 5.91 Å². The third kappa shape index (κ3) is 3.75. The lowest BCUT2D eigenvalue weighted by Crippen LogP contribution is -2.14. The molecule has 0 spiro atoms. The van der Waals surface area contributed by atoms with Crippen molar-refractivity contribution in [1.82, 2.24) is 14.8 Å². The summed E-state index contributed by atoms with van der Waals surface area (Å²) in [6.45, 7) is 0.447.